The van der Waals surface area contributed by atoms with Crippen LogP contribution in [-0.4, -0.2) is 25.8 Å². The average molecular weight is 157 g/mol. The van der Waals surface area contributed by atoms with Gasteiger partial charge in [-0.25, -0.2) is 0 Å². The number of ether oxygens (including phenoxy) is 1. The topological polar surface area (TPSA) is 21.3 Å². The molecule has 0 bridgehead atoms. The molecule has 0 spiro atoms. The molecule has 1 aliphatic rings. The van der Waals surface area contributed by atoms with Gasteiger partial charge >= 0.3 is 0 Å². The van der Waals surface area contributed by atoms with Crippen LogP contribution in [0.2, 0.25) is 0 Å². The Labute approximate surface area is 69.3 Å². The molecule has 0 aromatic rings. The summed E-state index contributed by atoms with van der Waals surface area (Å²) < 4.78 is 5.64. The van der Waals surface area contributed by atoms with Gasteiger partial charge in [0, 0.05) is 19.7 Å². The minimum Gasteiger partial charge on any atom is -0.375 e. The summed E-state index contributed by atoms with van der Waals surface area (Å²) >= 11 is 0. The lowest BCUT2D eigenvalue weighted by Gasteiger charge is -2.29. The molecule has 1 heterocycles. The van der Waals surface area contributed by atoms with Crippen LogP contribution in [0.3, 0.4) is 0 Å². The monoisotopic (exact) mass is 157 g/mol. The van der Waals surface area contributed by atoms with Gasteiger partial charge in [0.15, 0.2) is 0 Å². The minimum absolute atomic E-state index is 0.496. The van der Waals surface area contributed by atoms with Gasteiger partial charge < -0.3 is 10.1 Å². The van der Waals surface area contributed by atoms with Crippen molar-refractivity contribution >= 4 is 0 Å². The zero-order valence-corrected chi connectivity index (χ0v) is 7.76. The summed E-state index contributed by atoms with van der Waals surface area (Å²) in [4.78, 5) is 0. The van der Waals surface area contributed by atoms with Crippen molar-refractivity contribution in [2.45, 2.75) is 26.9 Å². The fourth-order valence-corrected chi connectivity index (χ4v) is 0.860. The molecule has 11 heavy (non-hydrogen) atoms. The van der Waals surface area contributed by atoms with Crippen molar-refractivity contribution in [3.8, 4) is 0 Å². The second-order valence-electron chi connectivity index (χ2n) is 3.83. The number of hydrogen-bond donors (Lipinski definition) is 1. The molecule has 0 saturated carbocycles. The van der Waals surface area contributed by atoms with E-state index in [1.807, 2.05) is 0 Å². The second-order valence-corrected chi connectivity index (χ2v) is 3.83. The van der Waals surface area contributed by atoms with E-state index in [-0.39, 0.29) is 0 Å². The third-order valence-corrected chi connectivity index (χ3v) is 2.48. The number of nitrogens with one attached hydrogen (secondary N) is 1. The summed E-state index contributed by atoms with van der Waals surface area (Å²) in [5.41, 5.74) is 0. The van der Waals surface area contributed by atoms with E-state index in [9.17, 15) is 0 Å². The lowest BCUT2D eigenvalue weighted by Crippen LogP contribution is -2.49. The molecular weight excluding hydrogens is 138 g/mol. The highest BCUT2D eigenvalue weighted by Gasteiger charge is 2.18. The fraction of sp³-hybridized carbons (Fsp3) is 1.00. The first kappa shape index (κ1) is 9.01. The molecule has 1 N–H and O–H groups in total. The Hall–Kier alpha value is -0.0800. The van der Waals surface area contributed by atoms with Gasteiger partial charge in [0.05, 0.1) is 6.10 Å². The predicted octanol–water partition coefficient (Wildman–Crippen LogP) is 1.27. The third-order valence-electron chi connectivity index (χ3n) is 2.48. The molecule has 0 radical (unpaired) electrons. The Bertz CT molecular complexity index is 110. The van der Waals surface area contributed by atoms with Crippen LogP contribution in [0.5, 0.6) is 0 Å². The number of hydrogen-bond acceptors (Lipinski definition) is 2. The van der Waals surface area contributed by atoms with Gasteiger partial charge in [0.1, 0.15) is 0 Å². The molecule has 2 heteroatoms. The van der Waals surface area contributed by atoms with E-state index in [2.05, 4.69) is 26.1 Å². The molecule has 0 aliphatic carbocycles. The van der Waals surface area contributed by atoms with Gasteiger partial charge in [-0.1, -0.05) is 20.8 Å². The van der Waals surface area contributed by atoms with E-state index in [4.69, 9.17) is 4.74 Å². The maximum Gasteiger partial charge on any atom is 0.0823 e. The fourth-order valence-electron chi connectivity index (χ4n) is 0.860. The Morgan fingerprint density at radius 2 is 2.00 bits per heavy atom. The van der Waals surface area contributed by atoms with Gasteiger partial charge in [0.25, 0.3) is 0 Å². The quantitative estimate of drug-likeness (QED) is 0.663. The Balaban J connectivity index is 2.01. The minimum atomic E-state index is 0.496. The maximum absolute atomic E-state index is 5.64. The Kier molecular flexibility index (Phi) is 3.34. The normalized spacial score (nSPS) is 21.8. The highest BCUT2D eigenvalue weighted by atomic mass is 16.5. The summed E-state index contributed by atoms with van der Waals surface area (Å²) in [6.45, 7) is 9.75. The molecule has 66 valence electrons. The average Bonchev–Trinajstić information content (AvgIpc) is 1.83. The molecule has 2 nitrogen and oxygen atoms in total. The van der Waals surface area contributed by atoms with Crippen LogP contribution in [0.1, 0.15) is 20.8 Å². The van der Waals surface area contributed by atoms with Gasteiger partial charge in [-0.05, 0) is 11.8 Å². The van der Waals surface area contributed by atoms with Crippen LogP contribution in [-0.2, 0) is 4.74 Å². The van der Waals surface area contributed by atoms with Crippen molar-refractivity contribution in [2.24, 2.45) is 11.8 Å². The van der Waals surface area contributed by atoms with E-state index in [0.717, 1.165) is 25.6 Å². The van der Waals surface area contributed by atoms with Crippen LogP contribution in [0.4, 0.5) is 0 Å². The summed E-state index contributed by atoms with van der Waals surface area (Å²) in [7, 11) is 0. The van der Waals surface area contributed by atoms with Crippen molar-refractivity contribution in [2.75, 3.05) is 19.7 Å². The molecule has 1 saturated heterocycles. The third kappa shape index (κ3) is 2.80. The number of rotatable bonds is 4. The van der Waals surface area contributed by atoms with Gasteiger partial charge in [-0.2, -0.15) is 0 Å². The molecule has 0 aromatic heterocycles. The van der Waals surface area contributed by atoms with Crippen LogP contribution < -0.4 is 5.32 Å². The van der Waals surface area contributed by atoms with Gasteiger partial charge in [0.2, 0.25) is 0 Å². The van der Waals surface area contributed by atoms with Crippen molar-refractivity contribution in [3.63, 3.8) is 0 Å². The van der Waals surface area contributed by atoms with Crippen molar-refractivity contribution in [1.29, 1.82) is 0 Å². The van der Waals surface area contributed by atoms with Crippen molar-refractivity contribution < 1.29 is 4.74 Å². The van der Waals surface area contributed by atoms with E-state index < -0.39 is 0 Å². The molecular formula is C9H19NO. The smallest absolute Gasteiger partial charge is 0.0823 e. The summed E-state index contributed by atoms with van der Waals surface area (Å²) in [5, 5.41) is 3.19. The zero-order chi connectivity index (χ0) is 8.27. The molecule has 1 aliphatic heterocycles. The lowest BCUT2D eigenvalue weighted by molar-refractivity contribution is -0.00508. The SMILES string of the molecule is CC(C)C(C)COC1CNC1. The standard InChI is InChI=1S/C9H19NO/c1-7(2)8(3)6-11-9-4-10-5-9/h7-10H,4-6H2,1-3H3. The summed E-state index contributed by atoms with van der Waals surface area (Å²) in [5.74, 6) is 1.43. The van der Waals surface area contributed by atoms with Crippen molar-refractivity contribution in [3.05, 3.63) is 0 Å². The lowest BCUT2D eigenvalue weighted by atomic mass is 9.99. The largest absolute Gasteiger partial charge is 0.375 e. The Morgan fingerprint density at radius 1 is 1.36 bits per heavy atom. The van der Waals surface area contributed by atoms with Crippen LogP contribution in [0, 0.1) is 11.8 Å². The second kappa shape index (κ2) is 4.07. The Morgan fingerprint density at radius 3 is 2.36 bits per heavy atom. The molecule has 0 aromatic carbocycles. The zero-order valence-electron chi connectivity index (χ0n) is 7.76. The van der Waals surface area contributed by atoms with E-state index in [1.165, 1.54) is 0 Å². The summed E-state index contributed by atoms with van der Waals surface area (Å²) in [6.07, 6.45) is 0.496. The highest BCUT2D eigenvalue weighted by Crippen LogP contribution is 2.11. The summed E-state index contributed by atoms with van der Waals surface area (Å²) in [6, 6.07) is 0. The molecule has 0 amide bonds. The van der Waals surface area contributed by atoms with Crippen molar-refractivity contribution in [1.82, 2.24) is 5.32 Å². The van der Waals surface area contributed by atoms with Gasteiger partial charge in [-0.15, -0.1) is 0 Å². The first-order valence-electron chi connectivity index (χ1n) is 4.52. The molecule has 1 fully saturated rings. The maximum atomic E-state index is 5.64. The predicted molar refractivity (Wildman–Crippen MR) is 46.6 cm³/mol. The van der Waals surface area contributed by atoms with E-state index >= 15 is 0 Å². The molecule has 1 atom stereocenters. The first-order valence-corrected chi connectivity index (χ1v) is 4.52. The first-order chi connectivity index (χ1) is 5.20. The molecule has 1 unspecified atom stereocenters. The molecule has 1 rings (SSSR count). The highest BCUT2D eigenvalue weighted by molar-refractivity contribution is 4.75. The van der Waals surface area contributed by atoms with Crippen LogP contribution >= 0.6 is 0 Å². The van der Waals surface area contributed by atoms with Crippen LogP contribution in [0.15, 0.2) is 0 Å². The van der Waals surface area contributed by atoms with Gasteiger partial charge in [-0.3, -0.25) is 0 Å². The van der Waals surface area contributed by atoms with E-state index in [1.54, 1.807) is 0 Å². The van der Waals surface area contributed by atoms with E-state index in [0.29, 0.717) is 12.0 Å². The van der Waals surface area contributed by atoms with Crippen LogP contribution in [0.25, 0.3) is 0 Å².